The van der Waals surface area contributed by atoms with E-state index in [1.165, 1.54) is 18.2 Å². The van der Waals surface area contributed by atoms with Crippen LogP contribution in [0.25, 0.3) is 0 Å². The van der Waals surface area contributed by atoms with Gasteiger partial charge in [0.1, 0.15) is 11.6 Å². The first kappa shape index (κ1) is 15.3. The quantitative estimate of drug-likeness (QED) is 0.840. The van der Waals surface area contributed by atoms with Crippen molar-refractivity contribution in [1.82, 2.24) is 5.43 Å². The van der Waals surface area contributed by atoms with Crippen LogP contribution in [-0.4, -0.2) is 19.6 Å². The Morgan fingerprint density at radius 1 is 1.29 bits per heavy atom. The van der Waals surface area contributed by atoms with Gasteiger partial charge in [0.2, 0.25) is 0 Å². The van der Waals surface area contributed by atoms with Crippen molar-refractivity contribution < 1.29 is 13.9 Å². The zero-order valence-electron chi connectivity index (χ0n) is 11.3. The van der Waals surface area contributed by atoms with Gasteiger partial charge in [-0.3, -0.25) is 15.2 Å². The van der Waals surface area contributed by atoms with Gasteiger partial charge in [-0.25, -0.2) is 4.39 Å². The molecule has 0 saturated carbocycles. The van der Waals surface area contributed by atoms with Gasteiger partial charge in [0.25, 0.3) is 5.91 Å². The fourth-order valence-corrected chi connectivity index (χ4v) is 2.14. The highest BCUT2D eigenvalue weighted by atomic mass is 79.9. The van der Waals surface area contributed by atoms with Gasteiger partial charge in [0.05, 0.1) is 10.2 Å². The summed E-state index contributed by atoms with van der Waals surface area (Å²) < 4.78 is 18.7. The molecule has 0 aliphatic heterocycles. The summed E-state index contributed by atoms with van der Waals surface area (Å²) in [6.07, 6.45) is 0. The molecule has 110 valence electrons. The minimum Gasteiger partial charge on any atom is -0.483 e. The van der Waals surface area contributed by atoms with Crippen LogP contribution in [0.4, 0.5) is 10.1 Å². The van der Waals surface area contributed by atoms with Crippen molar-refractivity contribution in [3.8, 4) is 5.75 Å². The Bertz CT molecular complexity index is 622. The van der Waals surface area contributed by atoms with Crippen LogP contribution < -0.4 is 15.2 Å². The molecule has 1 amide bonds. The number of hydrogen-bond donors (Lipinski definition) is 1. The molecule has 21 heavy (non-hydrogen) atoms. The van der Waals surface area contributed by atoms with E-state index < -0.39 is 0 Å². The number of amides is 1. The Balaban J connectivity index is 1.87. The minimum absolute atomic E-state index is 0.165. The Hall–Kier alpha value is -2.08. The maximum atomic E-state index is 12.9. The van der Waals surface area contributed by atoms with E-state index in [0.29, 0.717) is 10.2 Å². The molecule has 0 saturated heterocycles. The highest BCUT2D eigenvalue weighted by molar-refractivity contribution is 9.10. The predicted molar refractivity (Wildman–Crippen MR) is 82.6 cm³/mol. The third kappa shape index (κ3) is 4.46. The molecule has 0 fully saturated rings. The van der Waals surface area contributed by atoms with E-state index in [1.54, 1.807) is 12.1 Å². The number of rotatable bonds is 5. The van der Waals surface area contributed by atoms with Crippen molar-refractivity contribution in [2.24, 2.45) is 0 Å². The molecule has 0 radical (unpaired) electrons. The highest BCUT2D eigenvalue weighted by Crippen LogP contribution is 2.25. The van der Waals surface area contributed by atoms with E-state index in [1.807, 2.05) is 30.3 Å². The first-order chi connectivity index (χ1) is 10.1. The number of ether oxygens (including phenoxy) is 1. The van der Waals surface area contributed by atoms with Gasteiger partial charge >= 0.3 is 0 Å². The van der Waals surface area contributed by atoms with Gasteiger partial charge in [-0.05, 0) is 46.3 Å². The third-order valence-corrected chi connectivity index (χ3v) is 3.31. The first-order valence-electron chi connectivity index (χ1n) is 6.22. The molecule has 0 spiro atoms. The molecule has 0 heterocycles. The summed E-state index contributed by atoms with van der Waals surface area (Å²) in [5.41, 5.74) is 3.53. The molecular weight excluding hydrogens is 339 g/mol. The molecule has 0 aromatic heterocycles. The summed E-state index contributed by atoms with van der Waals surface area (Å²) in [6.45, 7) is -0.165. The molecule has 1 N–H and O–H groups in total. The number of carbonyl (C=O) groups excluding carboxylic acids is 1. The molecule has 2 rings (SSSR count). The molecule has 6 heteroatoms. The minimum atomic E-state index is -0.373. The van der Waals surface area contributed by atoms with E-state index in [2.05, 4.69) is 21.4 Å². The smallest absolute Gasteiger partial charge is 0.276 e. The number of anilines is 1. The van der Waals surface area contributed by atoms with Crippen LogP contribution in [0.3, 0.4) is 0 Å². The molecule has 0 aliphatic carbocycles. The molecule has 2 aromatic rings. The van der Waals surface area contributed by atoms with E-state index in [-0.39, 0.29) is 18.3 Å². The van der Waals surface area contributed by atoms with Gasteiger partial charge in [-0.2, -0.15) is 0 Å². The van der Waals surface area contributed by atoms with E-state index in [4.69, 9.17) is 4.74 Å². The SMILES string of the molecule is CN(NC(=O)COc1ccc(F)cc1Br)c1ccccc1. The van der Waals surface area contributed by atoms with Crippen LogP contribution >= 0.6 is 15.9 Å². The standard InChI is InChI=1S/C15H14BrFN2O2/c1-19(12-5-3-2-4-6-12)18-15(20)10-21-14-8-7-11(17)9-13(14)16/h2-9H,10H2,1H3,(H,18,20). The second kappa shape index (κ2) is 7.08. The van der Waals surface area contributed by atoms with Crippen LogP contribution in [0.2, 0.25) is 0 Å². The molecule has 0 aliphatic rings. The summed E-state index contributed by atoms with van der Waals surface area (Å²) >= 11 is 3.18. The van der Waals surface area contributed by atoms with Crippen molar-refractivity contribution >= 4 is 27.5 Å². The Labute approximate surface area is 130 Å². The summed E-state index contributed by atoms with van der Waals surface area (Å²) in [5.74, 6) is -0.269. The van der Waals surface area contributed by atoms with Gasteiger partial charge in [-0.1, -0.05) is 18.2 Å². The number of hydrazine groups is 1. The van der Waals surface area contributed by atoms with Crippen molar-refractivity contribution in [2.75, 3.05) is 18.7 Å². The van der Waals surface area contributed by atoms with Gasteiger partial charge in [-0.15, -0.1) is 0 Å². The Kier molecular flexibility index (Phi) is 5.16. The maximum absolute atomic E-state index is 12.9. The molecule has 0 unspecified atom stereocenters. The van der Waals surface area contributed by atoms with Crippen LogP contribution in [-0.2, 0) is 4.79 Å². The van der Waals surface area contributed by atoms with Crippen LogP contribution in [0, 0.1) is 5.82 Å². The Morgan fingerprint density at radius 2 is 2.00 bits per heavy atom. The van der Waals surface area contributed by atoms with Crippen molar-refractivity contribution in [3.63, 3.8) is 0 Å². The number of benzene rings is 2. The van der Waals surface area contributed by atoms with Crippen LogP contribution in [0.15, 0.2) is 53.0 Å². The van der Waals surface area contributed by atoms with Crippen molar-refractivity contribution in [3.05, 3.63) is 58.8 Å². The molecule has 2 aromatic carbocycles. The summed E-state index contributed by atoms with van der Waals surface area (Å²) in [6, 6.07) is 13.4. The lowest BCUT2D eigenvalue weighted by Gasteiger charge is -2.20. The summed E-state index contributed by atoms with van der Waals surface area (Å²) in [4.78, 5) is 11.8. The first-order valence-corrected chi connectivity index (χ1v) is 7.01. The largest absolute Gasteiger partial charge is 0.483 e. The number of carbonyl (C=O) groups is 1. The average molecular weight is 353 g/mol. The molecule has 0 bridgehead atoms. The topological polar surface area (TPSA) is 41.6 Å². The van der Waals surface area contributed by atoms with E-state index in [0.717, 1.165) is 5.69 Å². The van der Waals surface area contributed by atoms with Crippen molar-refractivity contribution in [2.45, 2.75) is 0 Å². The Morgan fingerprint density at radius 3 is 2.67 bits per heavy atom. The van der Waals surface area contributed by atoms with Crippen LogP contribution in [0.1, 0.15) is 0 Å². The second-order valence-electron chi connectivity index (χ2n) is 4.29. The van der Waals surface area contributed by atoms with Crippen LogP contribution in [0.5, 0.6) is 5.75 Å². The monoisotopic (exact) mass is 352 g/mol. The third-order valence-electron chi connectivity index (χ3n) is 2.69. The zero-order chi connectivity index (χ0) is 15.2. The fraction of sp³-hybridized carbons (Fsp3) is 0.133. The fourth-order valence-electron chi connectivity index (χ4n) is 1.67. The molecule has 4 nitrogen and oxygen atoms in total. The normalized spacial score (nSPS) is 10.0. The summed E-state index contributed by atoms with van der Waals surface area (Å²) in [5, 5.41) is 1.60. The summed E-state index contributed by atoms with van der Waals surface area (Å²) in [7, 11) is 1.74. The van der Waals surface area contributed by atoms with Gasteiger partial charge in [0.15, 0.2) is 6.61 Å². The molecule has 0 atom stereocenters. The predicted octanol–water partition coefficient (Wildman–Crippen LogP) is 3.13. The lowest BCUT2D eigenvalue weighted by atomic mass is 10.3. The second-order valence-corrected chi connectivity index (χ2v) is 5.15. The lowest BCUT2D eigenvalue weighted by Crippen LogP contribution is -2.41. The van der Waals surface area contributed by atoms with Gasteiger partial charge < -0.3 is 4.74 Å². The highest BCUT2D eigenvalue weighted by Gasteiger charge is 2.08. The average Bonchev–Trinajstić information content (AvgIpc) is 2.47. The molecular formula is C15H14BrFN2O2. The number of hydrogen-bond acceptors (Lipinski definition) is 3. The van der Waals surface area contributed by atoms with Crippen molar-refractivity contribution in [1.29, 1.82) is 0 Å². The number of halogens is 2. The van der Waals surface area contributed by atoms with E-state index >= 15 is 0 Å². The number of nitrogens with one attached hydrogen (secondary N) is 1. The number of para-hydroxylation sites is 1. The zero-order valence-corrected chi connectivity index (χ0v) is 12.9. The van der Waals surface area contributed by atoms with E-state index in [9.17, 15) is 9.18 Å². The maximum Gasteiger partial charge on any atom is 0.276 e. The number of nitrogens with zero attached hydrogens (tertiary/aromatic N) is 1. The lowest BCUT2D eigenvalue weighted by molar-refractivity contribution is -0.123. The van der Waals surface area contributed by atoms with Gasteiger partial charge in [0, 0.05) is 7.05 Å².